The predicted molar refractivity (Wildman–Crippen MR) is 65.0 cm³/mol. The minimum absolute atomic E-state index is 0.0331. The average Bonchev–Trinajstić information content (AvgIpc) is 2.27. The molecule has 0 aliphatic carbocycles. The van der Waals surface area contributed by atoms with Gasteiger partial charge in [0.15, 0.2) is 5.78 Å². The molecule has 1 unspecified atom stereocenters. The van der Waals surface area contributed by atoms with Crippen molar-refractivity contribution in [3.8, 4) is 0 Å². The lowest BCUT2D eigenvalue weighted by molar-refractivity contribution is 0.101. The smallest absolute Gasteiger partial charge is 0.193 e. The van der Waals surface area contributed by atoms with Gasteiger partial charge in [-0.2, -0.15) is 0 Å². The molecule has 0 fully saturated rings. The maximum Gasteiger partial charge on any atom is 0.193 e. The summed E-state index contributed by atoms with van der Waals surface area (Å²) >= 11 is 0. The van der Waals surface area contributed by atoms with Gasteiger partial charge in [-0.3, -0.25) is 9.00 Å². The van der Waals surface area contributed by atoms with Gasteiger partial charge in [-0.1, -0.05) is 24.3 Å². The first-order chi connectivity index (χ1) is 7.66. The van der Waals surface area contributed by atoms with E-state index in [0.29, 0.717) is 5.69 Å². The van der Waals surface area contributed by atoms with Gasteiger partial charge >= 0.3 is 0 Å². The maximum atomic E-state index is 11.6. The van der Waals surface area contributed by atoms with E-state index in [2.05, 4.69) is 4.98 Å². The van der Waals surface area contributed by atoms with Crippen LogP contribution in [-0.2, 0) is 10.8 Å². The summed E-state index contributed by atoms with van der Waals surface area (Å²) < 4.78 is 11.0. The zero-order valence-electron chi connectivity index (χ0n) is 8.84. The molecule has 1 heterocycles. The van der Waals surface area contributed by atoms with Gasteiger partial charge in [0.25, 0.3) is 0 Å². The number of pyridine rings is 1. The second-order valence-electron chi connectivity index (χ2n) is 3.53. The number of rotatable bonds is 3. The fraction of sp³-hybridized carbons (Fsp3) is 0.167. The number of carbonyl (C=O) groups excluding carboxylic acids is 1. The fourth-order valence-electron chi connectivity index (χ4n) is 1.48. The van der Waals surface area contributed by atoms with E-state index in [-0.39, 0.29) is 11.5 Å². The summed E-state index contributed by atoms with van der Waals surface area (Å²) in [4.78, 5) is 15.9. The van der Waals surface area contributed by atoms with Gasteiger partial charge in [0.1, 0.15) is 5.69 Å². The molecule has 0 aliphatic rings. The Labute approximate surface area is 96.0 Å². The van der Waals surface area contributed by atoms with Crippen molar-refractivity contribution in [2.24, 2.45) is 0 Å². The third kappa shape index (κ3) is 2.33. The van der Waals surface area contributed by atoms with Crippen molar-refractivity contribution < 1.29 is 9.00 Å². The summed E-state index contributed by atoms with van der Waals surface area (Å²) in [5.41, 5.74) is 1.17. The van der Waals surface area contributed by atoms with Crippen LogP contribution >= 0.6 is 0 Å². The highest BCUT2D eigenvalue weighted by molar-refractivity contribution is 7.85. The van der Waals surface area contributed by atoms with E-state index in [1.54, 1.807) is 6.07 Å². The molecule has 0 saturated carbocycles. The molecule has 82 valence electrons. The zero-order chi connectivity index (χ0) is 11.5. The molecule has 0 amide bonds. The first kappa shape index (κ1) is 11.0. The number of nitrogens with zero attached hydrogens (tertiary/aromatic N) is 1. The van der Waals surface area contributed by atoms with Crippen LogP contribution in [0.15, 0.2) is 36.4 Å². The van der Waals surface area contributed by atoms with Crippen LogP contribution in [0.4, 0.5) is 0 Å². The van der Waals surface area contributed by atoms with E-state index in [0.717, 1.165) is 10.9 Å². The molecule has 0 spiro atoms. The Hall–Kier alpha value is -1.55. The standard InChI is InChI=1S/C12H11NO2S/c1-16(15)8-12(14)11-7-6-9-4-2-3-5-10(9)13-11/h2-7H,8H2,1H3. The number of para-hydroxylation sites is 1. The Bertz CT molecular complexity index is 566. The van der Waals surface area contributed by atoms with Crippen molar-refractivity contribution in [2.45, 2.75) is 0 Å². The highest BCUT2D eigenvalue weighted by Crippen LogP contribution is 2.12. The molecular formula is C12H11NO2S. The topological polar surface area (TPSA) is 47.0 Å². The monoisotopic (exact) mass is 233 g/mol. The van der Waals surface area contributed by atoms with Crippen LogP contribution < -0.4 is 0 Å². The maximum absolute atomic E-state index is 11.6. The number of ketones is 1. The van der Waals surface area contributed by atoms with Gasteiger partial charge in [-0.05, 0) is 12.1 Å². The molecule has 16 heavy (non-hydrogen) atoms. The highest BCUT2D eigenvalue weighted by atomic mass is 32.2. The summed E-state index contributed by atoms with van der Waals surface area (Å²) in [6, 6.07) is 11.1. The van der Waals surface area contributed by atoms with Gasteiger partial charge in [-0.25, -0.2) is 4.98 Å². The van der Waals surface area contributed by atoms with Crippen molar-refractivity contribution in [3.05, 3.63) is 42.1 Å². The molecule has 0 aliphatic heterocycles. The van der Waals surface area contributed by atoms with Gasteiger partial charge in [0.05, 0.1) is 11.3 Å². The van der Waals surface area contributed by atoms with E-state index in [9.17, 15) is 9.00 Å². The van der Waals surface area contributed by atoms with Crippen LogP contribution in [0.5, 0.6) is 0 Å². The number of carbonyl (C=O) groups is 1. The predicted octanol–water partition coefficient (Wildman–Crippen LogP) is 1.80. The summed E-state index contributed by atoms with van der Waals surface area (Å²) in [6.07, 6.45) is 1.51. The zero-order valence-corrected chi connectivity index (χ0v) is 9.66. The van der Waals surface area contributed by atoms with E-state index >= 15 is 0 Å². The quantitative estimate of drug-likeness (QED) is 0.759. The lowest BCUT2D eigenvalue weighted by Crippen LogP contribution is -2.11. The van der Waals surface area contributed by atoms with E-state index in [1.165, 1.54) is 6.26 Å². The SMILES string of the molecule is CS(=O)CC(=O)c1ccc2ccccc2n1. The molecule has 3 nitrogen and oxygen atoms in total. The lowest BCUT2D eigenvalue weighted by Gasteiger charge is -2.00. The molecule has 0 bridgehead atoms. The van der Waals surface area contributed by atoms with Crippen LogP contribution in [0.25, 0.3) is 10.9 Å². The van der Waals surface area contributed by atoms with Crippen LogP contribution in [0, 0.1) is 0 Å². The molecule has 0 N–H and O–H groups in total. The fourth-order valence-corrected chi connectivity index (χ4v) is 2.00. The van der Waals surface area contributed by atoms with Gasteiger partial charge in [-0.15, -0.1) is 0 Å². The number of benzene rings is 1. The lowest BCUT2D eigenvalue weighted by atomic mass is 10.2. The number of hydrogen-bond acceptors (Lipinski definition) is 3. The van der Waals surface area contributed by atoms with Crippen LogP contribution in [-0.4, -0.2) is 27.0 Å². The number of aromatic nitrogens is 1. The largest absolute Gasteiger partial charge is 0.291 e. The molecule has 1 aromatic heterocycles. The van der Waals surface area contributed by atoms with E-state index < -0.39 is 10.8 Å². The number of hydrogen-bond donors (Lipinski definition) is 0. The summed E-state index contributed by atoms with van der Waals surface area (Å²) in [5, 5.41) is 0.997. The number of fused-ring (bicyclic) bond motifs is 1. The Morgan fingerprint density at radius 3 is 2.75 bits per heavy atom. The van der Waals surface area contributed by atoms with Gasteiger partial charge < -0.3 is 0 Å². The normalized spacial score (nSPS) is 12.6. The van der Waals surface area contributed by atoms with Crippen molar-refractivity contribution >= 4 is 27.5 Å². The van der Waals surface area contributed by atoms with Crippen LogP contribution in [0.1, 0.15) is 10.5 Å². The van der Waals surface area contributed by atoms with Crippen LogP contribution in [0.3, 0.4) is 0 Å². The third-order valence-electron chi connectivity index (χ3n) is 2.22. The van der Waals surface area contributed by atoms with Crippen LogP contribution in [0.2, 0.25) is 0 Å². The minimum Gasteiger partial charge on any atom is -0.291 e. The highest BCUT2D eigenvalue weighted by Gasteiger charge is 2.09. The minimum atomic E-state index is -1.12. The molecule has 1 aromatic carbocycles. The molecule has 2 rings (SSSR count). The number of Topliss-reactive ketones (excluding diaryl/α,β-unsaturated/α-hetero) is 1. The Morgan fingerprint density at radius 1 is 1.25 bits per heavy atom. The van der Waals surface area contributed by atoms with E-state index in [1.807, 2.05) is 30.3 Å². The molecule has 4 heteroatoms. The summed E-state index contributed by atoms with van der Waals surface area (Å²) in [7, 11) is -1.12. The Kier molecular flexibility index (Phi) is 3.10. The molecule has 2 aromatic rings. The average molecular weight is 233 g/mol. The Morgan fingerprint density at radius 2 is 2.00 bits per heavy atom. The molecule has 0 saturated heterocycles. The van der Waals surface area contributed by atoms with Gasteiger partial charge in [0, 0.05) is 22.4 Å². The summed E-state index contributed by atoms with van der Waals surface area (Å²) in [5.74, 6) is -0.141. The summed E-state index contributed by atoms with van der Waals surface area (Å²) in [6.45, 7) is 0. The first-order valence-electron chi connectivity index (χ1n) is 4.86. The third-order valence-corrected chi connectivity index (χ3v) is 2.89. The molecule has 0 radical (unpaired) electrons. The molecular weight excluding hydrogens is 222 g/mol. The Balaban J connectivity index is 2.39. The van der Waals surface area contributed by atoms with Crippen molar-refractivity contribution in [1.82, 2.24) is 4.98 Å². The second kappa shape index (κ2) is 4.53. The molecule has 1 atom stereocenters. The second-order valence-corrected chi connectivity index (χ2v) is 4.96. The van der Waals surface area contributed by atoms with Crippen molar-refractivity contribution in [1.29, 1.82) is 0 Å². The van der Waals surface area contributed by atoms with Crippen molar-refractivity contribution in [2.75, 3.05) is 12.0 Å². The van der Waals surface area contributed by atoms with E-state index in [4.69, 9.17) is 0 Å². The first-order valence-corrected chi connectivity index (χ1v) is 6.58. The van der Waals surface area contributed by atoms with Crippen molar-refractivity contribution in [3.63, 3.8) is 0 Å². The van der Waals surface area contributed by atoms with Gasteiger partial charge in [0.2, 0.25) is 0 Å².